The van der Waals surface area contributed by atoms with E-state index in [1.165, 1.54) is 6.92 Å². The van der Waals surface area contributed by atoms with Gasteiger partial charge in [-0.05, 0) is 23.6 Å². The zero-order chi connectivity index (χ0) is 14.2. The first-order chi connectivity index (χ1) is 8.82. The van der Waals surface area contributed by atoms with Gasteiger partial charge in [0.25, 0.3) is 5.91 Å². The molecule has 1 amide bonds. The normalized spacial score (nSPS) is 17.9. The molecule has 1 aliphatic heterocycles. The first kappa shape index (κ1) is 13.0. The molecule has 0 spiro atoms. The molecule has 0 aliphatic carbocycles. The molecule has 2 heterocycles. The second kappa shape index (κ2) is 4.32. The van der Waals surface area contributed by atoms with E-state index in [0.29, 0.717) is 6.07 Å². The Hall–Kier alpha value is -2.48. The van der Waals surface area contributed by atoms with Crippen LogP contribution in [-0.2, 0) is 11.0 Å². The molecule has 7 nitrogen and oxygen atoms in total. The molecule has 0 bridgehead atoms. The van der Waals surface area contributed by atoms with Crippen LogP contribution in [-0.4, -0.2) is 17.0 Å². The lowest BCUT2D eigenvalue weighted by atomic mass is 10.2. The van der Waals surface area contributed by atoms with Crippen molar-refractivity contribution in [3.8, 4) is 5.88 Å². The molecule has 1 aliphatic rings. The zero-order valence-corrected chi connectivity index (χ0v) is 9.39. The van der Waals surface area contributed by atoms with Gasteiger partial charge in [0.1, 0.15) is 11.5 Å². The molecule has 19 heavy (non-hydrogen) atoms. The number of pyridine rings is 1. The van der Waals surface area contributed by atoms with Crippen molar-refractivity contribution < 1.29 is 22.7 Å². The number of carbonyl (C=O) groups excluding carboxylic acids is 1. The Kier molecular flexibility index (Phi) is 2.95. The Labute approximate surface area is 104 Å². The summed E-state index contributed by atoms with van der Waals surface area (Å²) in [5, 5.41) is 5.11. The Morgan fingerprint density at radius 2 is 2.26 bits per heavy atom. The molecule has 0 radical (unpaired) electrons. The monoisotopic (exact) mass is 273 g/mol. The number of alkyl halides is 3. The number of ether oxygens (including phenoxy) is 1. The summed E-state index contributed by atoms with van der Waals surface area (Å²) in [6.07, 6.45) is -5.66. The minimum atomic E-state index is -4.76. The second-order valence-corrected chi connectivity index (χ2v) is 3.65. The fourth-order valence-corrected chi connectivity index (χ4v) is 1.45. The largest absolute Gasteiger partial charge is 0.463 e. The lowest BCUT2D eigenvalue weighted by Gasteiger charge is -2.23. The summed E-state index contributed by atoms with van der Waals surface area (Å²) >= 11 is 0. The van der Waals surface area contributed by atoms with Crippen LogP contribution < -0.4 is 10.1 Å². The Balaban J connectivity index is 2.61. The fourth-order valence-electron chi connectivity index (χ4n) is 1.45. The number of hydrogen-bond acceptors (Lipinski definition) is 4. The smallest absolute Gasteiger partial charge is 0.418 e. The van der Waals surface area contributed by atoms with Gasteiger partial charge in [0, 0.05) is 4.91 Å². The number of amides is 1. The maximum Gasteiger partial charge on any atom is 0.418 e. The van der Waals surface area contributed by atoms with Crippen LogP contribution in [0.4, 0.5) is 24.7 Å². The third-order valence-corrected chi connectivity index (χ3v) is 2.33. The van der Waals surface area contributed by atoms with Crippen LogP contribution in [0.5, 0.6) is 5.88 Å². The van der Waals surface area contributed by atoms with Crippen molar-refractivity contribution in [1.82, 2.24) is 4.98 Å². The average Bonchev–Trinajstić information content (AvgIpc) is 2.29. The van der Waals surface area contributed by atoms with Crippen molar-refractivity contribution >= 4 is 17.4 Å². The third kappa shape index (κ3) is 2.38. The molecular formula is C9H6F3N5O2. The van der Waals surface area contributed by atoms with Crippen molar-refractivity contribution in [1.29, 1.82) is 0 Å². The molecule has 100 valence electrons. The highest BCUT2D eigenvalue weighted by Gasteiger charge is 2.37. The molecule has 0 saturated heterocycles. The highest BCUT2D eigenvalue weighted by atomic mass is 19.4. The standard InChI is InChI=1S/C9H6F3N5O2/c1-3-7(18)14-5-2-4(9(10,11)12)6(16-17-13)15-8(5)19-3/h2-3H,1H3,(H,14,18)/t3-/m1/s1. The van der Waals surface area contributed by atoms with Crippen LogP contribution in [0.15, 0.2) is 11.2 Å². The highest BCUT2D eigenvalue weighted by Crippen LogP contribution is 2.41. The van der Waals surface area contributed by atoms with E-state index in [2.05, 4.69) is 20.3 Å². The van der Waals surface area contributed by atoms with E-state index in [1.54, 1.807) is 0 Å². The summed E-state index contributed by atoms with van der Waals surface area (Å²) in [7, 11) is 0. The first-order valence-electron chi connectivity index (χ1n) is 4.98. The zero-order valence-electron chi connectivity index (χ0n) is 9.39. The number of hydrogen-bond donors (Lipinski definition) is 1. The predicted molar refractivity (Wildman–Crippen MR) is 56.8 cm³/mol. The summed E-state index contributed by atoms with van der Waals surface area (Å²) in [6.45, 7) is 1.41. The van der Waals surface area contributed by atoms with Gasteiger partial charge in [0.05, 0.1) is 5.56 Å². The van der Waals surface area contributed by atoms with Gasteiger partial charge in [-0.2, -0.15) is 13.2 Å². The number of anilines is 1. The lowest BCUT2D eigenvalue weighted by Crippen LogP contribution is -2.35. The van der Waals surface area contributed by atoms with Crippen molar-refractivity contribution in [3.63, 3.8) is 0 Å². The summed E-state index contributed by atoms with van der Waals surface area (Å²) in [5.74, 6) is -1.65. The van der Waals surface area contributed by atoms with E-state index < -0.39 is 29.6 Å². The van der Waals surface area contributed by atoms with Gasteiger partial charge in [-0.3, -0.25) is 4.79 Å². The molecule has 1 aromatic heterocycles. The summed E-state index contributed by atoms with van der Waals surface area (Å²) in [4.78, 5) is 17.1. The fraction of sp³-hybridized carbons (Fsp3) is 0.333. The molecule has 1 N–H and O–H groups in total. The number of azide groups is 1. The van der Waals surface area contributed by atoms with Gasteiger partial charge in [-0.25, -0.2) is 4.98 Å². The van der Waals surface area contributed by atoms with Crippen LogP contribution in [0.2, 0.25) is 0 Å². The Morgan fingerprint density at radius 3 is 2.84 bits per heavy atom. The van der Waals surface area contributed by atoms with E-state index in [4.69, 9.17) is 10.3 Å². The van der Waals surface area contributed by atoms with E-state index in [0.717, 1.165) is 0 Å². The van der Waals surface area contributed by atoms with Crippen LogP contribution in [0.25, 0.3) is 10.4 Å². The van der Waals surface area contributed by atoms with E-state index in [1.807, 2.05) is 0 Å². The van der Waals surface area contributed by atoms with Crippen LogP contribution in [0.3, 0.4) is 0 Å². The van der Waals surface area contributed by atoms with Crippen molar-refractivity contribution in [2.75, 3.05) is 5.32 Å². The summed E-state index contributed by atoms with van der Waals surface area (Å²) in [6, 6.07) is 0.621. The molecule has 0 unspecified atom stereocenters. The molecule has 2 rings (SSSR count). The van der Waals surface area contributed by atoms with Gasteiger partial charge in [-0.15, -0.1) is 0 Å². The van der Waals surface area contributed by atoms with Crippen molar-refractivity contribution in [3.05, 3.63) is 22.1 Å². The van der Waals surface area contributed by atoms with Crippen LogP contribution >= 0.6 is 0 Å². The number of fused-ring (bicyclic) bond motifs is 1. The van der Waals surface area contributed by atoms with Crippen LogP contribution in [0.1, 0.15) is 12.5 Å². The SMILES string of the molecule is C[C@H]1Oc2nc(N=[N+]=[N-])c(C(F)(F)F)cc2NC1=O. The molecule has 0 aromatic carbocycles. The number of halogens is 3. The molecule has 1 atom stereocenters. The number of carbonyl (C=O) groups is 1. The summed E-state index contributed by atoms with van der Waals surface area (Å²) < 4.78 is 43.2. The summed E-state index contributed by atoms with van der Waals surface area (Å²) in [5.41, 5.74) is 6.79. The van der Waals surface area contributed by atoms with Gasteiger partial charge in [0.2, 0.25) is 5.88 Å². The second-order valence-electron chi connectivity index (χ2n) is 3.65. The molecule has 10 heteroatoms. The highest BCUT2D eigenvalue weighted by molar-refractivity contribution is 5.97. The van der Waals surface area contributed by atoms with Crippen molar-refractivity contribution in [2.24, 2.45) is 5.11 Å². The van der Waals surface area contributed by atoms with E-state index in [9.17, 15) is 18.0 Å². The van der Waals surface area contributed by atoms with Gasteiger partial charge >= 0.3 is 6.18 Å². The Morgan fingerprint density at radius 1 is 1.58 bits per heavy atom. The van der Waals surface area contributed by atoms with Gasteiger partial charge < -0.3 is 10.1 Å². The maximum atomic E-state index is 12.7. The number of nitrogens with one attached hydrogen (secondary N) is 1. The maximum absolute atomic E-state index is 12.7. The topological polar surface area (TPSA) is 100.0 Å². The number of nitrogens with zero attached hydrogens (tertiary/aromatic N) is 4. The molecule has 1 aromatic rings. The minimum absolute atomic E-state index is 0.215. The van der Waals surface area contributed by atoms with E-state index >= 15 is 0 Å². The first-order valence-corrected chi connectivity index (χ1v) is 4.98. The van der Waals surface area contributed by atoms with Crippen molar-refractivity contribution in [2.45, 2.75) is 19.2 Å². The average molecular weight is 273 g/mol. The minimum Gasteiger partial charge on any atom is -0.463 e. The van der Waals surface area contributed by atoms with Crippen LogP contribution in [0, 0.1) is 0 Å². The molecular weight excluding hydrogens is 267 g/mol. The quantitative estimate of drug-likeness (QED) is 0.483. The number of aromatic nitrogens is 1. The molecule has 0 fully saturated rings. The lowest BCUT2D eigenvalue weighted by molar-refractivity contribution is -0.137. The van der Waals surface area contributed by atoms with Gasteiger partial charge in [-0.1, -0.05) is 0 Å². The third-order valence-electron chi connectivity index (χ3n) is 2.33. The van der Waals surface area contributed by atoms with E-state index in [-0.39, 0.29) is 11.6 Å². The molecule has 0 saturated carbocycles. The number of rotatable bonds is 1. The Bertz CT molecular complexity index is 594. The van der Waals surface area contributed by atoms with Gasteiger partial charge in [0.15, 0.2) is 6.10 Å². The predicted octanol–water partition coefficient (Wildman–Crippen LogP) is 2.76.